The van der Waals surface area contributed by atoms with Gasteiger partial charge in [-0.1, -0.05) is 0 Å². The Bertz CT molecular complexity index is 203. The topological polar surface area (TPSA) is 219 Å². The van der Waals surface area contributed by atoms with Crippen LogP contribution >= 0.6 is 0 Å². The monoisotopic (exact) mass is 246 g/mol. The average Bonchev–Trinajstić information content (AvgIpc) is 2.12. The lowest BCUT2D eigenvalue weighted by atomic mass is 10.0. The summed E-state index contributed by atoms with van der Waals surface area (Å²) in [6, 6.07) is 0. The first-order valence-electron chi connectivity index (χ1n) is 3.47. The van der Waals surface area contributed by atoms with Crippen LogP contribution < -0.4 is 0 Å². The number of hydrogen-bond acceptors (Lipinski definition) is 6. The summed E-state index contributed by atoms with van der Waals surface area (Å²) in [5.74, 6) is -3.68. The summed E-state index contributed by atoms with van der Waals surface area (Å²) >= 11 is 0. The van der Waals surface area contributed by atoms with Crippen LogP contribution in [0, 0.1) is 0 Å². The van der Waals surface area contributed by atoms with Crippen molar-refractivity contribution in [1.29, 1.82) is 0 Å². The predicted octanol–water partition coefficient (Wildman–Crippen LogP) is -5.05. The summed E-state index contributed by atoms with van der Waals surface area (Å²) in [4.78, 5) is 20.2. The molecular formula is C6H14O10. The van der Waals surface area contributed by atoms with E-state index < -0.39 is 36.4 Å². The van der Waals surface area contributed by atoms with E-state index in [1.807, 2.05) is 0 Å². The number of carbonyl (C=O) groups is 2. The van der Waals surface area contributed by atoms with Gasteiger partial charge in [0.15, 0.2) is 12.2 Å². The lowest BCUT2D eigenvalue weighted by molar-refractivity contribution is -0.172. The quantitative estimate of drug-likeness (QED) is 0.275. The first kappa shape index (κ1) is 20.2. The number of hydrogen-bond donors (Lipinski definition) is 6. The summed E-state index contributed by atoms with van der Waals surface area (Å²) in [6.07, 6.45) is -9.28. The van der Waals surface area contributed by atoms with E-state index in [0.29, 0.717) is 0 Å². The van der Waals surface area contributed by atoms with Crippen LogP contribution in [-0.4, -0.2) is 77.9 Å². The Morgan fingerprint density at radius 2 is 0.875 bits per heavy atom. The molecule has 10 heteroatoms. The van der Waals surface area contributed by atoms with Crippen molar-refractivity contribution in [2.75, 3.05) is 0 Å². The Morgan fingerprint density at radius 1 is 0.688 bits per heavy atom. The molecule has 0 aliphatic heterocycles. The molecule has 0 spiro atoms. The smallest absolute Gasteiger partial charge is 0.335 e. The third-order valence-electron chi connectivity index (χ3n) is 1.50. The van der Waals surface area contributed by atoms with E-state index >= 15 is 0 Å². The highest BCUT2D eigenvalue weighted by molar-refractivity contribution is 5.75. The molecule has 0 aromatic carbocycles. The molecule has 0 aliphatic rings. The standard InChI is InChI=1S/C6H10O8.2H2O/c7-1(3(9)5(11)12)2(8)4(10)6(13)14;;/h1-4,7-10H,(H,11,12)(H,13,14);2*1H2/t1-,2-,3-,4+;;/m0../s1. The second-order valence-electron chi connectivity index (χ2n) is 2.55. The molecule has 0 aromatic rings. The minimum absolute atomic E-state index is 0. The Labute approximate surface area is 88.6 Å². The fraction of sp³-hybridized carbons (Fsp3) is 0.667. The van der Waals surface area contributed by atoms with E-state index in [0.717, 1.165) is 0 Å². The van der Waals surface area contributed by atoms with Crippen LogP contribution in [0.4, 0.5) is 0 Å². The molecule has 16 heavy (non-hydrogen) atoms. The molecule has 0 saturated carbocycles. The van der Waals surface area contributed by atoms with E-state index in [2.05, 4.69) is 0 Å². The van der Waals surface area contributed by atoms with Crippen LogP contribution in [0.3, 0.4) is 0 Å². The van der Waals surface area contributed by atoms with E-state index in [-0.39, 0.29) is 11.0 Å². The largest absolute Gasteiger partial charge is 0.479 e. The summed E-state index contributed by atoms with van der Waals surface area (Å²) in [7, 11) is 0. The highest BCUT2D eigenvalue weighted by Crippen LogP contribution is 2.05. The molecule has 0 radical (unpaired) electrons. The van der Waals surface area contributed by atoms with Crippen molar-refractivity contribution >= 4 is 11.9 Å². The molecule has 0 amide bonds. The summed E-state index contributed by atoms with van der Waals surface area (Å²) in [6.45, 7) is 0. The maximum absolute atomic E-state index is 10.1. The van der Waals surface area contributed by atoms with Crippen LogP contribution in [0.15, 0.2) is 0 Å². The van der Waals surface area contributed by atoms with Crippen molar-refractivity contribution in [3.63, 3.8) is 0 Å². The van der Waals surface area contributed by atoms with Gasteiger partial charge in [-0.05, 0) is 0 Å². The van der Waals surface area contributed by atoms with Gasteiger partial charge in [-0.2, -0.15) is 0 Å². The van der Waals surface area contributed by atoms with Gasteiger partial charge in [-0.25, -0.2) is 9.59 Å². The molecule has 0 aromatic heterocycles. The third kappa shape index (κ3) is 4.97. The van der Waals surface area contributed by atoms with Crippen molar-refractivity contribution in [3.8, 4) is 0 Å². The molecular weight excluding hydrogens is 232 g/mol. The Morgan fingerprint density at radius 3 is 1.00 bits per heavy atom. The SMILES string of the molecule is O.O.O=C(O)[C@@H](O)[C@@H](O)[C@H](O)[C@@H](O)C(=O)O. The van der Waals surface area contributed by atoms with Gasteiger partial charge in [0.2, 0.25) is 0 Å². The summed E-state index contributed by atoms with van der Waals surface area (Å²) in [5.41, 5.74) is 0. The van der Waals surface area contributed by atoms with Crippen molar-refractivity contribution in [3.05, 3.63) is 0 Å². The highest BCUT2D eigenvalue weighted by Gasteiger charge is 2.37. The molecule has 98 valence electrons. The van der Waals surface area contributed by atoms with Crippen LogP contribution in [0.25, 0.3) is 0 Å². The fourth-order valence-corrected chi connectivity index (χ4v) is 0.666. The average molecular weight is 246 g/mol. The van der Waals surface area contributed by atoms with Crippen molar-refractivity contribution in [2.24, 2.45) is 0 Å². The van der Waals surface area contributed by atoms with Crippen molar-refractivity contribution in [1.82, 2.24) is 0 Å². The first-order valence-corrected chi connectivity index (χ1v) is 3.47. The normalized spacial score (nSPS) is 17.0. The van der Waals surface area contributed by atoms with Gasteiger partial charge in [-0.15, -0.1) is 0 Å². The zero-order chi connectivity index (χ0) is 11.5. The fourth-order valence-electron chi connectivity index (χ4n) is 0.666. The van der Waals surface area contributed by atoms with Crippen LogP contribution in [0.5, 0.6) is 0 Å². The van der Waals surface area contributed by atoms with Crippen molar-refractivity contribution < 1.29 is 51.2 Å². The predicted molar refractivity (Wildman–Crippen MR) is 46.5 cm³/mol. The molecule has 0 aliphatic carbocycles. The zero-order valence-corrected chi connectivity index (χ0v) is 7.81. The second kappa shape index (κ2) is 7.92. The van der Waals surface area contributed by atoms with Gasteiger partial charge in [-0.3, -0.25) is 0 Å². The Hall–Kier alpha value is -1.30. The van der Waals surface area contributed by atoms with Crippen LogP contribution in [-0.2, 0) is 9.59 Å². The Kier molecular flexibility index (Phi) is 9.98. The van der Waals surface area contributed by atoms with Gasteiger partial charge in [0.05, 0.1) is 0 Å². The lowest BCUT2D eigenvalue weighted by Crippen LogP contribution is -2.49. The van der Waals surface area contributed by atoms with Gasteiger partial charge in [0, 0.05) is 0 Å². The maximum Gasteiger partial charge on any atom is 0.335 e. The van der Waals surface area contributed by atoms with Gasteiger partial charge in [0.1, 0.15) is 12.2 Å². The van der Waals surface area contributed by atoms with E-state index in [1.54, 1.807) is 0 Å². The summed E-state index contributed by atoms with van der Waals surface area (Å²) in [5, 5.41) is 51.5. The third-order valence-corrected chi connectivity index (χ3v) is 1.50. The second-order valence-corrected chi connectivity index (χ2v) is 2.55. The number of carboxylic acids is 2. The number of aliphatic hydroxyl groups excluding tert-OH is 4. The molecule has 0 saturated heterocycles. The summed E-state index contributed by atoms with van der Waals surface area (Å²) < 4.78 is 0. The molecule has 0 rings (SSSR count). The highest BCUT2D eigenvalue weighted by atomic mass is 16.4. The van der Waals surface area contributed by atoms with E-state index in [1.165, 1.54) is 0 Å². The van der Waals surface area contributed by atoms with Gasteiger partial charge < -0.3 is 41.6 Å². The number of rotatable bonds is 5. The van der Waals surface area contributed by atoms with Gasteiger partial charge in [0.25, 0.3) is 0 Å². The molecule has 0 heterocycles. The minimum atomic E-state index is -2.36. The number of aliphatic hydroxyl groups is 4. The van der Waals surface area contributed by atoms with E-state index in [9.17, 15) is 9.59 Å². The van der Waals surface area contributed by atoms with Crippen LogP contribution in [0.2, 0.25) is 0 Å². The molecule has 4 atom stereocenters. The van der Waals surface area contributed by atoms with Gasteiger partial charge >= 0.3 is 11.9 Å². The zero-order valence-electron chi connectivity index (χ0n) is 7.81. The lowest BCUT2D eigenvalue weighted by Gasteiger charge is -2.21. The Balaban J connectivity index is -0.000000845. The molecule has 0 unspecified atom stereocenters. The molecule has 0 bridgehead atoms. The molecule has 10 N–H and O–H groups in total. The number of aliphatic carboxylic acids is 2. The maximum atomic E-state index is 10.1. The number of carboxylic acid groups (broad SMARTS) is 2. The van der Waals surface area contributed by atoms with Crippen molar-refractivity contribution in [2.45, 2.75) is 24.4 Å². The van der Waals surface area contributed by atoms with Crippen LogP contribution in [0.1, 0.15) is 0 Å². The molecule has 0 fully saturated rings. The minimum Gasteiger partial charge on any atom is -0.479 e. The molecule has 10 nitrogen and oxygen atoms in total. The van der Waals surface area contributed by atoms with E-state index in [4.69, 9.17) is 30.6 Å². The first-order chi connectivity index (χ1) is 6.29.